The Morgan fingerprint density at radius 1 is 1.16 bits per heavy atom. The zero-order valence-electron chi connectivity index (χ0n) is 10.0. The molecular weight excluding hydrogens is 244 g/mol. The molecule has 2 N–H and O–H groups in total. The summed E-state index contributed by atoms with van der Waals surface area (Å²) in [5, 5.41) is 11.4. The number of hydrogen-bond donors (Lipinski definition) is 2. The molecule has 5 heteroatoms. The molecule has 0 aliphatic heterocycles. The Morgan fingerprint density at radius 3 is 2.58 bits per heavy atom. The van der Waals surface area contributed by atoms with Crippen LogP contribution >= 0.6 is 0 Å². The van der Waals surface area contributed by atoms with Gasteiger partial charge in [-0.05, 0) is 11.6 Å². The molecule has 0 bridgehead atoms. The van der Waals surface area contributed by atoms with Gasteiger partial charge in [0.25, 0.3) is 0 Å². The van der Waals surface area contributed by atoms with Crippen LogP contribution in [0.5, 0.6) is 0 Å². The first-order valence-corrected chi connectivity index (χ1v) is 5.67. The smallest absolute Gasteiger partial charge is 0.337 e. The average molecular weight is 256 g/mol. The standard InChI is InChI=1S/C14H12N2O3/c17-13(6-10-4-2-1-3-5-10)16-12-7-11(14(18)19)8-15-9-12/h1-5,7-9H,6H2,(H,16,17)(H,18,19). The maximum absolute atomic E-state index is 11.8. The SMILES string of the molecule is O=C(Cc1ccccc1)Nc1cncc(C(=O)O)c1. The fourth-order valence-electron chi connectivity index (χ4n) is 1.61. The zero-order chi connectivity index (χ0) is 13.7. The Morgan fingerprint density at radius 2 is 1.89 bits per heavy atom. The fourth-order valence-corrected chi connectivity index (χ4v) is 1.61. The number of anilines is 1. The third-order valence-corrected chi connectivity index (χ3v) is 2.48. The second kappa shape index (κ2) is 5.77. The lowest BCUT2D eigenvalue weighted by molar-refractivity contribution is -0.115. The molecule has 1 aromatic heterocycles. The molecule has 19 heavy (non-hydrogen) atoms. The fraction of sp³-hybridized carbons (Fsp3) is 0.0714. The lowest BCUT2D eigenvalue weighted by Gasteiger charge is -2.05. The molecule has 0 atom stereocenters. The summed E-state index contributed by atoms with van der Waals surface area (Å²) in [7, 11) is 0. The summed E-state index contributed by atoms with van der Waals surface area (Å²) < 4.78 is 0. The molecule has 1 aromatic carbocycles. The van der Waals surface area contributed by atoms with Gasteiger partial charge in [-0.3, -0.25) is 9.78 Å². The van der Waals surface area contributed by atoms with E-state index in [1.807, 2.05) is 30.3 Å². The number of carboxylic acid groups (broad SMARTS) is 1. The number of aromatic carboxylic acids is 1. The van der Waals surface area contributed by atoms with Crippen LogP contribution in [0.1, 0.15) is 15.9 Å². The van der Waals surface area contributed by atoms with Gasteiger partial charge in [0.15, 0.2) is 0 Å². The van der Waals surface area contributed by atoms with E-state index >= 15 is 0 Å². The van der Waals surface area contributed by atoms with E-state index in [9.17, 15) is 9.59 Å². The minimum atomic E-state index is -1.08. The van der Waals surface area contributed by atoms with Gasteiger partial charge in [-0.1, -0.05) is 30.3 Å². The molecule has 0 radical (unpaired) electrons. The minimum Gasteiger partial charge on any atom is -0.478 e. The van der Waals surface area contributed by atoms with Crippen molar-refractivity contribution < 1.29 is 14.7 Å². The Balaban J connectivity index is 2.03. The highest BCUT2D eigenvalue weighted by atomic mass is 16.4. The van der Waals surface area contributed by atoms with Gasteiger partial charge in [-0.2, -0.15) is 0 Å². The molecule has 0 spiro atoms. The second-order valence-electron chi connectivity index (χ2n) is 3.98. The minimum absolute atomic E-state index is 0.0394. The number of amides is 1. The second-order valence-corrected chi connectivity index (χ2v) is 3.98. The summed E-state index contributed by atoms with van der Waals surface area (Å²) in [6, 6.07) is 10.7. The quantitative estimate of drug-likeness (QED) is 0.876. The van der Waals surface area contributed by atoms with Crippen LogP contribution in [-0.2, 0) is 11.2 Å². The van der Waals surface area contributed by atoms with Gasteiger partial charge in [0.2, 0.25) is 5.91 Å². The van der Waals surface area contributed by atoms with Gasteiger partial charge < -0.3 is 10.4 Å². The lowest BCUT2D eigenvalue weighted by Crippen LogP contribution is -2.15. The van der Waals surface area contributed by atoms with Crippen molar-refractivity contribution in [3.05, 3.63) is 59.9 Å². The molecule has 0 aliphatic carbocycles. The van der Waals surface area contributed by atoms with Crippen LogP contribution in [0.4, 0.5) is 5.69 Å². The van der Waals surface area contributed by atoms with Crippen molar-refractivity contribution in [2.75, 3.05) is 5.32 Å². The molecule has 0 aliphatic rings. The van der Waals surface area contributed by atoms with E-state index in [-0.39, 0.29) is 17.9 Å². The normalized spacial score (nSPS) is 9.89. The number of benzene rings is 1. The summed E-state index contributed by atoms with van der Waals surface area (Å²) in [5.41, 5.74) is 1.31. The molecule has 96 valence electrons. The Kier molecular flexibility index (Phi) is 3.87. The van der Waals surface area contributed by atoms with Crippen LogP contribution < -0.4 is 5.32 Å². The van der Waals surface area contributed by atoms with E-state index in [0.717, 1.165) is 5.56 Å². The summed E-state index contributed by atoms with van der Waals surface area (Å²) >= 11 is 0. The van der Waals surface area contributed by atoms with Crippen molar-refractivity contribution in [3.63, 3.8) is 0 Å². The Labute approximate surface area is 109 Å². The number of hydrogen-bond acceptors (Lipinski definition) is 3. The lowest BCUT2D eigenvalue weighted by atomic mass is 10.1. The van der Waals surface area contributed by atoms with Crippen molar-refractivity contribution in [2.24, 2.45) is 0 Å². The molecule has 0 saturated heterocycles. The summed E-state index contributed by atoms with van der Waals surface area (Å²) in [6.07, 6.45) is 2.88. The highest BCUT2D eigenvalue weighted by Crippen LogP contribution is 2.09. The van der Waals surface area contributed by atoms with Crippen LogP contribution in [0.3, 0.4) is 0 Å². The number of aromatic nitrogens is 1. The van der Waals surface area contributed by atoms with Gasteiger partial charge >= 0.3 is 5.97 Å². The van der Waals surface area contributed by atoms with Gasteiger partial charge in [-0.25, -0.2) is 4.79 Å². The largest absolute Gasteiger partial charge is 0.478 e. The van der Waals surface area contributed by atoms with E-state index in [0.29, 0.717) is 5.69 Å². The monoisotopic (exact) mass is 256 g/mol. The van der Waals surface area contributed by atoms with Gasteiger partial charge in [0, 0.05) is 6.20 Å². The van der Waals surface area contributed by atoms with Crippen molar-refractivity contribution in [2.45, 2.75) is 6.42 Å². The molecule has 0 saturated carbocycles. The highest BCUT2D eigenvalue weighted by molar-refractivity contribution is 5.94. The average Bonchev–Trinajstić information content (AvgIpc) is 2.40. The van der Waals surface area contributed by atoms with Crippen molar-refractivity contribution in [3.8, 4) is 0 Å². The molecule has 5 nitrogen and oxygen atoms in total. The van der Waals surface area contributed by atoms with E-state index in [2.05, 4.69) is 10.3 Å². The van der Waals surface area contributed by atoms with E-state index in [4.69, 9.17) is 5.11 Å². The van der Waals surface area contributed by atoms with E-state index < -0.39 is 5.97 Å². The molecule has 1 heterocycles. The Hall–Kier alpha value is -2.69. The number of pyridine rings is 1. The number of carbonyl (C=O) groups is 2. The number of nitrogens with one attached hydrogen (secondary N) is 1. The predicted molar refractivity (Wildman–Crippen MR) is 70.0 cm³/mol. The summed E-state index contributed by atoms with van der Waals surface area (Å²) in [6.45, 7) is 0. The Bertz CT molecular complexity index is 597. The van der Waals surface area contributed by atoms with Crippen molar-refractivity contribution in [1.82, 2.24) is 4.98 Å². The van der Waals surface area contributed by atoms with Crippen LogP contribution in [0.15, 0.2) is 48.8 Å². The zero-order valence-corrected chi connectivity index (χ0v) is 10.0. The molecule has 0 unspecified atom stereocenters. The topological polar surface area (TPSA) is 79.3 Å². The van der Waals surface area contributed by atoms with Gasteiger partial charge in [-0.15, -0.1) is 0 Å². The van der Waals surface area contributed by atoms with Crippen LogP contribution in [0.2, 0.25) is 0 Å². The van der Waals surface area contributed by atoms with Crippen LogP contribution in [0.25, 0.3) is 0 Å². The molecule has 0 fully saturated rings. The first-order chi connectivity index (χ1) is 9.15. The maximum atomic E-state index is 11.8. The first kappa shape index (κ1) is 12.8. The summed E-state index contributed by atoms with van der Waals surface area (Å²) in [5.74, 6) is -1.29. The van der Waals surface area contributed by atoms with E-state index in [1.54, 1.807) is 0 Å². The highest BCUT2D eigenvalue weighted by Gasteiger charge is 2.07. The number of carboxylic acids is 1. The first-order valence-electron chi connectivity index (χ1n) is 5.67. The third-order valence-electron chi connectivity index (χ3n) is 2.48. The van der Waals surface area contributed by atoms with Crippen LogP contribution in [-0.4, -0.2) is 22.0 Å². The molecule has 1 amide bonds. The van der Waals surface area contributed by atoms with Gasteiger partial charge in [0.1, 0.15) is 0 Å². The number of nitrogens with zero attached hydrogens (tertiary/aromatic N) is 1. The van der Waals surface area contributed by atoms with Crippen molar-refractivity contribution >= 4 is 17.6 Å². The molecule has 2 rings (SSSR count). The maximum Gasteiger partial charge on any atom is 0.337 e. The number of rotatable bonds is 4. The predicted octanol–water partition coefficient (Wildman–Crippen LogP) is 1.96. The third kappa shape index (κ3) is 3.64. The van der Waals surface area contributed by atoms with Crippen molar-refractivity contribution in [1.29, 1.82) is 0 Å². The summed E-state index contributed by atoms with van der Waals surface area (Å²) in [4.78, 5) is 26.3. The van der Waals surface area contributed by atoms with Gasteiger partial charge in [0.05, 0.1) is 23.9 Å². The van der Waals surface area contributed by atoms with E-state index in [1.165, 1.54) is 18.5 Å². The van der Waals surface area contributed by atoms with Crippen LogP contribution in [0, 0.1) is 0 Å². The molecule has 2 aromatic rings. The number of carbonyl (C=O) groups excluding carboxylic acids is 1. The molecular formula is C14H12N2O3.